The summed E-state index contributed by atoms with van der Waals surface area (Å²) in [7, 11) is 1.85. The van der Waals surface area contributed by atoms with Crippen LogP contribution in [0.4, 0.5) is 13.2 Å². The molecule has 2 N–H and O–H groups in total. The van der Waals surface area contributed by atoms with Gasteiger partial charge in [0.2, 0.25) is 5.91 Å². The molecule has 0 unspecified atom stereocenters. The number of carbonyl (C=O) groups excluding carboxylic acids is 1. The van der Waals surface area contributed by atoms with Gasteiger partial charge in [0.05, 0.1) is 0 Å². The third-order valence-corrected chi connectivity index (χ3v) is 5.29. The molecule has 0 aliphatic heterocycles. The number of amides is 1. The van der Waals surface area contributed by atoms with Gasteiger partial charge in [-0.25, -0.2) is 0 Å². The highest BCUT2D eigenvalue weighted by Gasteiger charge is 2.46. The summed E-state index contributed by atoms with van der Waals surface area (Å²) in [5.41, 5.74) is 6.79. The topological polar surface area (TPSA) is 55.6 Å². The molecule has 1 aromatic carbocycles. The van der Waals surface area contributed by atoms with Crippen molar-refractivity contribution >= 4 is 5.91 Å². The average Bonchev–Trinajstić information content (AvgIpc) is 3.34. The Morgan fingerprint density at radius 1 is 1.16 bits per heavy atom. The van der Waals surface area contributed by atoms with Crippen LogP contribution in [0.1, 0.15) is 43.6 Å². The molecule has 3 rings (SSSR count). The van der Waals surface area contributed by atoms with Crippen molar-refractivity contribution in [3.63, 3.8) is 0 Å². The normalized spacial score (nSPS) is 29.2. The molecule has 2 aliphatic carbocycles. The van der Waals surface area contributed by atoms with E-state index in [0.717, 1.165) is 37.7 Å². The molecule has 0 heterocycles. The van der Waals surface area contributed by atoms with Crippen molar-refractivity contribution in [2.24, 2.45) is 11.7 Å². The van der Waals surface area contributed by atoms with E-state index in [9.17, 15) is 18.0 Å². The number of nitrogens with two attached hydrogens (primary N) is 1. The fraction of sp³-hybridized carbons (Fsp3) is 0.611. The van der Waals surface area contributed by atoms with Gasteiger partial charge in [-0.2, -0.15) is 0 Å². The van der Waals surface area contributed by atoms with Crippen LogP contribution in [0, 0.1) is 5.92 Å². The van der Waals surface area contributed by atoms with Crippen molar-refractivity contribution in [3.8, 4) is 5.75 Å². The van der Waals surface area contributed by atoms with Crippen LogP contribution in [0.15, 0.2) is 24.3 Å². The fourth-order valence-corrected chi connectivity index (χ4v) is 3.68. The number of rotatable bonds is 4. The quantitative estimate of drug-likeness (QED) is 0.899. The fourth-order valence-electron chi connectivity index (χ4n) is 3.68. The van der Waals surface area contributed by atoms with Crippen LogP contribution in [0.3, 0.4) is 0 Å². The van der Waals surface area contributed by atoms with Gasteiger partial charge in [-0.3, -0.25) is 4.79 Å². The Balaban J connectivity index is 1.55. The molecule has 0 saturated heterocycles. The van der Waals surface area contributed by atoms with Gasteiger partial charge in [-0.1, -0.05) is 12.1 Å². The lowest BCUT2D eigenvalue weighted by Gasteiger charge is -2.33. The van der Waals surface area contributed by atoms with Gasteiger partial charge in [0.15, 0.2) is 0 Å². The van der Waals surface area contributed by atoms with Crippen LogP contribution < -0.4 is 10.5 Å². The molecule has 0 radical (unpaired) electrons. The zero-order valence-electron chi connectivity index (χ0n) is 14.1. The SMILES string of the molecule is CN(C(=O)[C@@H]1C[C@@H]1c1ccc(OC(F)(F)F)cc1)C1CCC(N)CC1. The summed E-state index contributed by atoms with van der Waals surface area (Å²) in [6.45, 7) is 0. The summed E-state index contributed by atoms with van der Waals surface area (Å²) in [6.07, 6.45) is -0.192. The molecule has 0 aromatic heterocycles. The number of hydrogen-bond acceptors (Lipinski definition) is 3. The zero-order chi connectivity index (χ0) is 18.2. The molecule has 2 fully saturated rings. The highest BCUT2D eigenvalue weighted by atomic mass is 19.4. The Morgan fingerprint density at radius 3 is 2.32 bits per heavy atom. The van der Waals surface area contributed by atoms with Crippen LogP contribution in [0.25, 0.3) is 0 Å². The van der Waals surface area contributed by atoms with Crippen molar-refractivity contribution in [2.75, 3.05) is 7.05 Å². The molecule has 138 valence electrons. The summed E-state index contributed by atoms with van der Waals surface area (Å²) in [6, 6.07) is 6.31. The van der Waals surface area contributed by atoms with E-state index < -0.39 is 6.36 Å². The van der Waals surface area contributed by atoms with Crippen LogP contribution in [0.2, 0.25) is 0 Å². The lowest BCUT2D eigenvalue weighted by molar-refractivity contribution is -0.274. The number of nitrogens with zero attached hydrogens (tertiary/aromatic N) is 1. The van der Waals surface area contributed by atoms with Crippen LogP contribution in [-0.4, -0.2) is 36.3 Å². The van der Waals surface area contributed by atoms with E-state index in [-0.39, 0.29) is 35.6 Å². The van der Waals surface area contributed by atoms with Crippen LogP contribution >= 0.6 is 0 Å². The average molecular weight is 356 g/mol. The number of hydrogen-bond donors (Lipinski definition) is 1. The number of benzene rings is 1. The Kier molecular flexibility index (Phi) is 4.95. The molecule has 1 aromatic rings. The van der Waals surface area contributed by atoms with Gasteiger partial charge in [-0.05, 0) is 55.7 Å². The van der Waals surface area contributed by atoms with E-state index in [1.54, 1.807) is 12.1 Å². The highest BCUT2D eigenvalue weighted by Crippen LogP contribution is 2.49. The number of halogens is 3. The van der Waals surface area contributed by atoms with E-state index in [0.29, 0.717) is 0 Å². The van der Waals surface area contributed by atoms with Gasteiger partial charge < -0.3 is 15.4 Å². The van der Waals surface area contributed by atoms with Gasteiger partial charge in [0.1, 0.15) is 5.75 Å². The summed E-state index contributed by atoms with van der Waals surface area (Å²) >= 11 is 0. The summed E-state index contributed by atoms with van der Waals surface area (Å²) in [5.74, 6) is -0.104. The maximum absolute atomic E-state index is 12.6. The zero-order valence-corrected chi connectivity index (χ0v) is 14.1. The molecule has 2 atom stereocenters. The Morgan fingerprint density at radius 2 is 1.76 bits per heavy atom. The number of carbonyl (C=O) groups is 1. The first-order chi connectivity index (χ1) is 11.7. The van der Waals surface area contributed by atoms with Crippen LogP contribution in [-0.2, 0) is 4.79 Å². The maximum atomic E-state index is 12.6. The summed E-state index contributed by atoms with van der Waals surface area (Å²) in [5, 5.41) is 0. The third kappa shape index (κ3) is 4.45. The molecule has 2 saturated carbocycles. The molecule has 7 heteroatoms. The minimum atomic E-state index is -4.69. The van der Waals surface area contributed by atoms with E-state index >= 15 is 0 Å². The van der Waals surface area contributed by atoms with E-state index in [2.05, 4.69) is 4.74 Å². The minimum Gasteiger partial charge on any atom is -0.406 e. The molecule has 0 bridgehead atoms. The first kappa shape index (κ1) is 18.0. The van der Waals surface area contributed by atoms with Crippen molar-refractivity contribution in [2.45, 2.75) is 56.5 Å². The molecule has 4 nitrogen and oxygen atoms in total. The molecule has 25 heavy (non-hydrogen) atoms. The molecule has 0 spiro atoms. The second-order valence-electron chi connectivity index (χ2n) is 7.08. The smallest absolute Gasteiger partial charge is 0.406 e. The van der Waals surface area contributed by atoms with Gasteiger partial charge in [0.25, 0.3) is 0 Å². The second kappa shape index (κ2) is 6.86. The third-order valence-electron chi connectivity index (χ3n) is 5.29. The van der Waals surface area contributed by atoms with Gasteiger partial charge >= 0.3 is 6.36 Å². The maximum Gasteiger partial charge on any atom is 0.573 e. The first-order valence-electron chi connectivity index (χ1n) is 8.62. The Bertz CT molecular complexity index is 610. The van der Waals surface area contributed by atoms with E-state index in [1.807, 2.05) is 11.9 Å². The van der Waals surface area contributed by atoms with Crippen LogP contribution in [0.5, 0.6) is 5.75 Å². The Hall–Kier alpha value is -1.76. The summed E-state index contributed by atoms with van der Waals surface area (Å²) < 4.78 is 40.4. The van der Waals surface area contributed by atoms with Crippen molar-refractivity contribution in [1.82, 2.24) is 4.90 Å². The molecule has 1 amide bonds. The molecule has 2 aliphatic rings. The van der Waals surface area contributed by atoms with Gasteiger partial charge in [-0.15, -0.1) is 13.2 Å². The monoisotopic (exact) mass is 356 g/mol. The largest absolute Gasteiger partial charge is 0.573 e. The minimum absolute atomic E-state index is 0.0741. The first-order valence-corrected chi connectivity index (χ1v) is 8.62. The lowest BCUT2D eigenvalue weighted by atomic mass is 9.91. The molecular formula is C18H23F3N2O2. The van der Waals surface area contributed by atoms with Gasteiger partial charge in [0, 0.05) is 25.0 Å². The van der Waals surface area contributed by atoms with Crippen molar-refractivity contribution in [1.29, 1.82) is 0 Å². The van der Waals surface area contributed by atoms with Crippen molar-refractivity contribution in [3.05, 3.63) is 29.8 Å². The predicted molar refractivity (Wildman–Crippen MR) is 87.0 cm³/mol. The lowest BCUT2D eigenvalue weighted by Crippen LogP contribution is -2.42. The second-order valence-corrected chi connectivity index (χ2v) is 7.08. The van der Waals surface area contributed by atoms with E-state index in [1.165, 1.54) is 12.1 Å². The number of ether oxygens (including phenoxy) is 1. The number of alkyl halides is 3. The van der Waals surface area contributed by atoms with Crippen molar-refractivity contribution < 1.29 is 22.7 Å². The summed E-state index contributed by atoms with van der Waals surface area (Å²) in [4.78, 5) is 14.5. The standard InChI is InChI=1S/C18H23F3N2O2/c1-23(13-6-4-12(22)5-7-13)17(24)16-10-15(16)11-2-8-14(9-3-11)25-18(19,20)21/h2-3,8-9,12-13,15-16H,4-7,10,22H2,1H3/t12?,13?,15-,16-/m1/s1. The molecular weight excluding hydrogens is 333 g/mol. The highest BCUT2D eigenvalue weighted by molar-refractivity contribution is 5.83. The predicted octanol–water partition coefficient (Wildman–Crippen LogP) is 3.42. The Labute approximate surface area is 145 Å². The van der Waals surface area contributed by atoms with E-state index in [4.69, 9.17) is 5.73 Å².